The number of aryl methyl sites for hydroxylation is 3. The molecule has 19 heavy (non-hydrogen) atoms. The molecule has 0 unspecified atom stereocenters. The van der Waals surface area contributed by atoms with Gasteiger partial charge in [0.15, 0.2) is 0 Å². The second kappa shape index (κ2) is 4.82. The maximum absolute atomic E-state index is 5.75. The minimum Gasteiger partial charge on any atom is -0.330 e. The lowest BCUT2D eigenvalue weighted by Gasteiger charge is -2.09. The van der Waals surface area contributed by atoms with E-state index >= 15 is 0 Å². The Morgan fingerprint density at radius 2 is 2.16 bits per heavy atom. The average Bonchev–Trinajstić information content (AvgIpc) is 2.93. The van der Waals surface area contributed by atoms with E-state index in [0.29, 0.717) is 6.54 Å². The van der Waals surface area contributed by atoms with E-state index in [1.54, 1.807) is 0 Å². The van der Waals surface area contributed by atoms with Crippen LogP contribution in [0.3, 0.4) is 0 Å². The highest BCUT2D eigenvalue weighted by molar-refractivity contribution is 5.73. The highest BCUT2D eigenvalue weighted by Crippen LogP contribution is 2.34. The summed E-state index contributed by atoms with van der Waals surface area (Å²) in [5, 5.41) is 4.76. The van der Waals surface area contributed by atoms with Crippen LogP contribution in [0.2, 0.25) is 0 Å². The first-order valence-electron chi connectivity index (χ1n) is 7.07. The van der Waals surface area contributed by atoms with Crippen molar-refractivity contribution in [2.75, 3.05) is 6.54 Å². The number of aromatic nitrogens is 2. The number of rotatable bonds is 3. The van der Waals surface area contributed by atoms with Crippen LogP contribution in [0.1, 0.15) is 28.9 Å². The largest absolute Gasteiger partial charge is 0.330 e. The van der Waals surface area contributed by atoms with Crippen molar-refractivity contribution >= 4 is 0 Å². The molecule has 3 rings (SSSR count). The van der Waals surface area contributed by atoms with Crippen molar-refractivity contribution in [2.24, 2.45) is 5.73 Å². The number of benzene rings is 1. The van der Waals surface area contributed by atoms with E-state index in [-0.39, 0.29) is 0 Å². The van der Waals surface area contributed by atoms with E-state index in [4.69, 9.17) is 10.8 Å². The Morgan fingerprint density at radius 1 is 1.32 bits per heavy atom. The number of nitrogens with two attached hydrogens (primary N) is 1. The molecule has 1 aromatic carbocycles. The third kappa shape index (κ3) is 2.08. The number of nitrogens with zero attached hydrogens (tertiary/aromatic N) is 2. The lowest BCUT2D eigenvalue weighted by molar-refractivity contribution is 0.643. The molecule has 0 amide bonds. The fraction of sp³-hybridized carbons (Fsp3) is 0.438. The van der Waals surface area contributed by atoms with E-state index < -0.39 is 0 Å². The van der Waals surface area contributed by atoms with Gasteiger partial charge in [0, 0.05) is 24.2 Å². The molecule has 0 spiro atoms. The van der Waals surface area contributed by atoms with E-state index in [0.717, 1.165) is 19.4 Å². The van der Waals surface area contributed by atoms with Crippen molar-refractivity contribution in [2.45, 2.75) is 39.7 Å². The third-order valence-electron chi connectivity index (χ3n) is 3.96. The zero-order valence-corrected chi connectivity index (χ0v) is 11.7. The highest BCUT2D eigenvalue weighted by Gasteiger charge is 2.23. The fourth-order valence-electron chi connectivity index (χ4n) is 3.01. The Kier molecular flexibility index (Phi) is 3.15. The van der Waals surface area contributed by atoms with Gasteiger partial charge < -0.3 is 5.73 Å². The van der Waals surface area contributed by atoms with Gasteiger partial charge in [0.1, 0.15) is 0 Å². The third-order valence-corrected chi connectivity index (χ3v) is 3.96. The summed E-state index contributed by atoms with van der Waals surface area (Å²) in [5.41, 5.74) is 13.6. The standard InChI is InChI=1S/C16H21N3/c1-11-5-6-12(2)13(10-11)16-14(7-8-17)18-19-9-3-4-15(16)19/h5-6,10H,3-4,7-9,17H2,1-2H3. The van der Waals surface area contributed by atoms with E-state index in [1.807, 2.05) is 0 Å². The smallest absolute Gasteiger partial charge is 0.0718 e. The maximum atomic E-state index is 5.75. The van der Waals surface area contributed by atoms with Gasteiger partial charge in [0.05, 0.1) is 5.69 Å². The molecule has 2 aromatic rings. The van der Waals surface area contributed by atoms with E-state index in [2.05, 4.69) is 36.7 Å². The summed E-state index contributed by atoms with van der Waals surface area (Å²) in [5.74, 6) is 0. The monoisotopic (exact) mass is 255 g/mol. The predicted octanol–water partition coefficient (Wildman–Crippen LogP) is 2.61. The number of fused-ring (bicyclic) bond motifs is 1. The molecule has 0 aliphatic carbocycles. The molecule has 0 saturated carbocycles. The molecule has 1 aromatic heterocycles. The fourth-order valence-corrected chi connectivity index (χ4v) is 3.01. The van der Waals surface area contributed by atoms with Crippen LogP contribution in [0, 0.1) is 13.8 Å². The Hall–Kier alpha value is -1.61. The average molecular weight is 255 g/mol. The van der Waals surface area contributed by atoms with Crippen LogP contribution in [-0.4, -0.2) is 16.3 Å². The lowest BCUT2D eigenvalue weighted by atomic mass is 9.95. The normalized spacial score (nSPS) is 13.8. The van der Waals surface area contributed by atoms with Crippen molar-refractivity contribution in [3.05, 3.63) is 40.7 Å². The first-order chi connectivity index (χ1) is 9.20. The molecule has 100 valence electrons. The van der Waals surface area contributed by atoms with Gasteiger partial charge in [0.2, 0.25) is 0 Å². The first kappa shape index (κ1) is 12.4. The van der Waals surface area contributed by atoms with Crippen molar-refractivity contribution in [3.8, 4) is 11.1 Å². The minimum absolute atomic E-state index is 0.661. The summed E-state index contributed by atoms with van der Waals surface area (Å²) < 4.78 is 2.18. The van der Waals surface area contributed by atoms with Gasteiger partial charge in [-0.05, 0) is 44.4 Å². The Labute approximate surface area is 114 Å². The van der Waals surface area contributed by atoms with Crippen molar-refractivity contribution in [1.29, 1.82) is 0 Å². The van der Waals surface area contributed by atoms with Crippen LogP contribution in [0.5, 0.6) is 0 Å². The van der Waals surface area contributed by atoms with Gasteiger partial charge in [-0.3, -0.25) is 4.68 Å². The Morgan fingerprint density at radius 3 is 2.95 bits per heavy atom. The molecule has 2 N–H and O–H groups in total. The van der Waals surface area contributed by atoms with Gasteiger partial charge in [-0.1, -0.05) is 23.8 Å². The second-order valence-electron chi connectivity index (χ2n) is 5.45. The van der Waals surface area contributed by atoms with Gasteiger partial charge in [-0.25, -0.2) is 0 Å². The molecule has 3 heteroatoms. The van der Waals surface area contributed by atoms with E-state index in [9.17, 15) is 0 Å². The number of hydrogen-bond donors (Lipinski definition) is 1. The molecule has 0 fully saturated rings. The van der Waals surface area contributed by atoms with Crippen LogP contribution < -0.4 is 5.73 Å². The summed E-state index contributed by atoms with van der Waals surface area (Å²) in [6.45, 7) is 6.04. The molecular weight excluding hydrogens is 234 g/mol. The minimum atomic E-state index is 0.661. The topological polar surface area (TPSA) is 43.8 Å². The predicted molar refractivity (Wildman–Crippen MR) is 78.2 cm³/mol. The summed E-state index contributed by atoms with van der Waals surface area (Å²) >= 11 is 0. The number of hydrogen-bond acceptors (Lipinski definition) is 2. The Balaban J connectivity index is 2.20. The summed E-state index contributed by atoms with van der Waals surface area (Å²) in [7, 11) is 0. The molecule has 0 saturated heterocycles. The second-order valence-corrected chi connectivity index (χ2v) is 5.45. The van der Waals surface area contributed by atoms with Gasteiger partial charge in [-0.15, -0.1) is 0 Å². The van der Waals surface area contributed by atoms with Crippen LogP contribution in [0.15, 0.2) is 18.2 Å². The molecule has 0 atom stereocenters. The van der Waals surface area contributed by atoms with Crippen LogP contribution in [0.25, 0.3) is 11.1 Å². The van der Waals surface area contributed by atoms with Crippen LogP contribution >= 0.6 is 0 Å². The van der Waals surface area contributed by atoms with Gasteiger partial charge in [0.25, 0.3) is 0 Å². The maximum Gasteiger partial charge on any atom is 0.0718 e. The van der Waals surface area contributed by atoms with Gasteiger partial charge >= 0.3 is 0 Å². The lowest BCUT2D eigenvalue weighted by Crippen LogP contribution is -2.05. The summed E-state index contributed by atoms with van der Waals surface area (Å²) in [4.78, 5) is 0. The van der Waals surface area contributed by atoms with Crippen LogP contribution in [0.4, 0.5) is 0 Å². The molecule has 0 radical (unpaired) electrons. The quantitative estimate of drug-likeness (QED) is 0.916. The summed E-state index contributed by atoms with van der Waals surface area (Å²) in [6.07, 6.45) is 3.21. The zero-order chi connectivity index (χ0) is 13.4. The molecule has 1 aliphatic rings. The molecular formula is C16H21N3. The molecule has 3 nitrogen and oxygen atoms in total. The Bertz CT molecular complexity index is 611. The first-order valence-corrected chi connectivity index (χ1v) is 7.07. The van der Waals surface area contributed by atoms with Crippen molar-refractivity contribution in [3.63, 3.8) is 0 Å². The zero-order valence-electron chi connectivity index (χ0n) is 11.7. The van der Waals surface area contributed by atoms with Gasteiger partial charge in [-0.2, -0.15) is 5.10 Å². The van der Waals surface area contributed by atoms with E-state index in [1.165, 1.54) is 40.1 Å². The molecule has 1 aliphatic heterocycles. The highest BCUT2D eigenvalue weighted by atomic mass is 15.3. The molecule has 2 heterocycles. The SMILES string of the molecule is Cc1ccc(C)c(-c2c(CCN)nn3c2CCC3)c1. The molecule has 0 bridgehead atoms. The van der Waals surface area contributed by atoms with Crippen LogP contribution in [-0.2, 0) is 19.4 Å². The van der Waals surface area contributed by atoms with Crippen molar-refractivity contribution in [1.82, 2.24) is 9.78 Å². The summed E-state index contributed by atoms with van der Waals surface area (Å²) in [6, 6.07) is 6.66. The van der Waals surface area contributed by atoms with Crippen molar-refractivity contribution < 1.29 is 0 Å².